The number of sulfonamides is 1. The monoisotopic (exact) mass is 530 g/mol. The normalized spacial score (nSPS) is 17.6. The summed E-state index contributed by atoms with van der Waals surface area (Å²) in [7, 11) is -3.87. The summed E-state index contributed by atoms with van der Waals surface area (Å²) in [6.07, 6.45) is 1.56. The van der Waals surface area contributed by atoms with Crippen molar-refractivity contribution in [3.05, 3.63) is 60.3 Å². The predicted octanol–water partition coefficient (Wildman–Crippen LogP) is 4.82. The summed E-state index contributed by atoms with van der Waals surface area (Å²) in [5.41, 5.74) is -0.409. The fourth-order valence-electron chi connectivity index (χ4n) is 3.72. The Morgan fingerprint density at radius 1 is 1.11 bits per heavy atom. The van der Waals surface area contributed by atoms with Crippen LogP contribution >= 0.6 is 0 Å². The van der Waals surface area contributed by atoms with Crippen molar-refractivity contribution in [2.24, 2.45) is 0 Å². The number of ether oxygens (including phenoxy) is 1. The van der Waals surface area contributed by atoms with Crippen LogP contribution in [0.15, 0.2) is 59.6 Å². The van der Waals surface area contributed by atoms with E-state index < -0.39 is 40.7 Å². The molecule has 0 unspecified atom stereocenters. The van der Waals surface area contributed by atoms with Crippen LogP contribution < -0.4 is 20.1 Å². The minimum Gasteiger partial charge on any atom is -0.492 e. The number of hydrogen-bond donors (Lipinski definition) is 3. The number of rotatable bonds is 10. The maximum Gasteiger partial charge on any atom is 0.241 e. The quantitative estimate of drug-likeness (QED) is 0.342. The van der Waals surface area contributed by atoms with E-state index in [1.807, 2.05) is 4.90 Å². The standard InChI is InChI=1S/C27H36N6O3S/c1-20-19-28-26(30-21-10-12-23(13-11-21)36-17-16-33-14-5-6-15-33)31-25(20)29-22-8-7-9-24(18-22)37(34,35)32-27(2,3)4/h7-13,18-19,32H,5-6,14-17H2,1-4H3,(H2,28,29,30,31)/i1D3,17D2,19D. The lowest BCUT2D eigenvalue weighted by Crippen LogP contribution is -2.40. The zero-order valence-electron chi connectivity index (χ0n) is 27.1. The number of anilines is 4. The van der Waals surface area contributed by atoms with Crippen molar-refractivity contribution in [1.82, 2.24) is 19.6 Å². The third-order valence-corrected chi connectivity index (χ3v) is 7.12. The van der Waals surface area contributed by atoms with Crippen LogP contribution in [0.4, 0.5) is 23.1 Å². The summed E-state index contributed by atoms with van der Waals surface area (Å²) in [5.74, 6) is 0.0698. The van der Waals surface area contributed by atoms with Crippen LogP contribution in [0.1, 0.15) is 47.4 Å². The molecule has 1 saturated heterocycles. The fraction of sp³-hybridized carbons (Fsp3) is 0.407. The summed E-state index contributed by atoms with van der Waals surface area (Å²) in [6, 6.07) is 12.2. The van der Waals surface area contributed by atoms with E-state index in [4.69, 9.17) is 13.0 Å². The van der Waals surface area contributed by atoms with Gasteiger partial charge in [-0.25, -0.2) is 18.1 Å². The van der Waals surface area contributed by atoms with E-state index in [1.165, 1.54) is 18.2 Å². The number of likely N-dealkylation sites (tertiary alicyclic amines) is 1. The van der Waals surface area contributed by atoms with Gasteiger partial charge in [-0.15, -0.1) is 0 Å². The first-order chi connectivity index (χ1) is 19.9. The second-order valence-corrected chi connectivity index (χ2v) is 11.5. The van der Waals surface area contributed by atoms with Crippen molar-refractivity contribution in [2.45, 2.75) is 50.9 Å². The molecule has 0 aliphatic carbocycles. The van der Waals surface area contributed by atoms with Crippen molar-refractivity contribution >= 4 is 33.2 Å². The van der Waals surface area contributed by atoms with Crippen LogP contribution in [0, 0.1) is 6.85 Å². The number of nitrogens with zero attached hydrogens (tertiary/aromatic N) is 3. The Morgan fingerprint density at radius 2 is 1.86 bits per heavy atom. The third-order valence-electron chi connectivity index (χ3n) is 5.36. The fourth-order valence-corrected chi connectivity index (χ4v) is 5.18. The molecule has 3 aromatic rings. The highest BCUT2D eigenvalue weighted by molar-refractivity contribution is 7.89. The molecule has 4 rings (SSSR count). The van der Waals surface area contributed by atoms with Gasteiger partial charge < -0.3 is 15.4 Å². The Labute approximate surface area is 228 Å². The molecule has 0 saturated carbocycles. The third kappa shape index (κ3) is 7.88. The number of hydrogen-bond acceptors (Lipinski definition) is 8. The lowest BCUT2D eigenvalue weighted by Gasteiger charge is -2.20. The largest absolute Gasteiger partial charge is 0.492 e. The van der Waals surface area contributed by atoms with Crippen molar-refractivity contribution in [2.75, 3.05) is 36.8 Å². The average molecular weight is 531 g/mol. The van der Waals surface area contributed by atoms with Crippen molar-refractivity contribution < 1.29 is 21.4 Å². The first-order valence-electron chi connectivity index (χ1n) is 15.0. The van der Waals surface area contributed by atoms with Gasteiger partial charge in [0.25, 0.3) is 0 Å². The summed E-state index contributed by atoms with van der Waals surface area (Å²) in [5, 5.41) is 5.79. The lowest BCUT2D eigenvalue weighted by molar-refractivity contribution is 0.238. The van der Waals surface area contributed by atoms with Gasteiger partial charge >= 0.3 is 0 Å². The molecule has 198 valence electrons. The maximum absolute atomic E-state index is 12.8. The van der Waals surface area contributed by atoms with Gasteiger partial charge in [0, 0.05) is 39.3 Å². The lowest BCUT2D eigenvalue weighted by atomic mass is 10.1. The van der Waals surface area contributed by atoms with Gasteiger partial charge in [-0.1, -0.05) is 6.07 Å². The maximum atomic E-state index is 12.8. The van der Waals surface area contributed by atoms with Gasteiger partial charge in [0.2, 0.25) is 16.0 Å². The van der Waals surface area contributed by atoms with E-state index in [0.29, 0.717) is 11.4 Å². The van der Waals surface area contributed by atoms with Crippen molar-refractivity contribution in [3.8, 4) is 5.75 Å². The molecule has 3 N–H and O–H groups in total. The molecular formula is C27H36N6O3S. The SMILES string of the molecule is [2H]c1nc(Nc2ccc(OC([2H])([2H])CN3CCCC3)cc2)nc(Nc2cccc(S(=O)(=O)NC(C)(C)C)c2)c1C([2H])([2H])[2H]. The van der Waals surface area contributed by atoms with Gasteiger partial charge in [-0.05, 0) is 96.0 Å². The molecular weight excluding hydrogens is 488 g/mol. The predicted molar refractivity (Wildman–Crippen MR) is 147 cm³/mol. The van der Waals surface area contributed by atoms with Crippen LogP contribution in [0.25, 0.3) is 0 Å². The zero-order valence-corrected chi connectivity index (χ0v) is 21.9. The smallest absolute Gasteiger partial charge is 0.241 e. The molecule has 9 nitrogen and oxygen atoms in total. The van der Waals surface area contributed by atoms with Crippen LogP contribution in [0.2, 0.25) is 0 Å². The number of nitrogens with one attached hydrogen (secondary N) is 3. The molecule has 10 heteroatoms. The first kappa shape index (κ1) is 19.8. The van der Waals surface area contributed by atoms with E-state index in [0.717, 1.165) is 25.9 Å². The minimum absolute atomic E-state index is 0.0338. The Balaban J connectivity index is 1.56. The Morgan fingerprint density at radius 3 is 2.57 bits per heavy atom. The Bertz CT molecular complexity index is 1540. The van der Waals surface area contributed by atoms with Gasteiger partial charge in [0.15, 0.2) is 0 Å². The molecule has 0 spiro atoms. The number of benzene rings is 2. The summed E-state index contributed by atoms with van der Waals surface area (Å²) < 4.78 is 82.4. The first-order valence-corrected chi connectivity index (χ1v) is 13.5. The zero-order chi connectivity index (χ0) is 31.6. The second kappa shape index (κ2) is 11.5. The summed E-state index contributed by atoms with van der Waals surface area (Å²) in [4.78, 5) is 10.3. The van der Waals surface area contributed by atoms with E-state index in [-0.39, 0.29) is 28.9 Å². The molecule has 1 fully saturated rings. The molecule has 1 aliphatic heterocycles. The van der Waals surface area contributed by atoms with E-state index in [1.54, 1.807) is 51.1 Å². The Kier molecular flexibility index (Phi) is 6.14. The molecule has 0 bridgehead atoms. The molecule has 0 radical (unpaired) electrons. The highest BCUT2D eigenvalue weighted by Gasteiger charge is 2.22. The summed E-state index contributed by atoms with van der Waals surface area (Å²) >= 11 is 0. The van der Waals surface area contributed by atoms with Gasteiger partial charge in [-0.2, -0.15) is 4.98 Å². The molecule has 2 heterocycles. The summed E-state index contributed by atoms with van der Waals surface area (Å²) in [6.45, 7) is 2.41. The average Bonchev–Trinajstić information content (AvgIpc) is 3.35. The number of aromatic nitrogens is 2. The van der Waals surface area contributed by atoms with Crippen LogP contribution in [0.5, 0.6) is 5.75 Å². The molecule has 0 amide bonds. The van der Waals surface area contributed by atoms with Crippen molar-refractivity contribution in [3.63, 3.8) is 0 Å². The van der Waals surface area contributed by atoms with Gasteiger partial charge in [-0.3, -0.25) is 4.90 Å². The minimum atomic E-state index is -3.87. The van der Waals surface area contributed by atoms with Crippen LogP contribution in [-0.2, 0) is 10.0 Å². The topological polar surface area (TPSA) is 108 Å². The Hall–Kier alpha value is -3.21. The highest BCUT2D eigenvalue weighted by Crippen LogP contribution is 2.24. The molecule has 1 aromatic heterocycles. The second-order valence-electron chi connectivity index (χ2n) is 9.77. The molecule has 1 aliphatic rings. The molecule has 2 aromatic carbocycles. The van der Waals surface area contributed by atoms with E-state index >= 15 is 0 Å². The van der Waals surface area contributed by atoms with Crippen molar-refractivity contribution in [1.29, 1.82) is 0 Å². The molecule has 0 atom stereocenters. The van der Waals surface area contributed by atoms with E-state index in [9.17, 15) is 8.42 Å². The van der Waals surface area contributed by atoms with Crippen LogP contribution in [-0.4, -0.2) is 55.0 Å². The van der Waals surface area contributed by atoms with Gasteiger partial charge in [0.1, 0.15) is 18.1 Å². The highest BCUT2D eigenvalue weighted by atomic mass is 32.2. The van der Waals surface area contributed by atoms with E-state index in [2.05, 4.69) is 25.3 Å². The molecule has 37 heavy (non-hydrogen) atoms. The van der Waals surface area contributed by atoms with Gasteiger partial charge in [0.05, 0.1) is 9.01 Å². The van der Waals surface area contributed by atoms with Crippen LogP contribution in [0.3, 0.4) is 0 Å².